The molecule has 0 bridgehead atoms. The average molecular weight is 286 g/mol. The molecule has 112 valence electrons. The van der Waals surface area contributed by atoms with E-state index in [0.29, 0.717) is 12.0 Å². The molecule has 0 saturated carbocycles. The number of pyridine rings is 1. The fourth-order valence-corrected chi connectivity index (χ4v) is 2.94. The van der Waals surface area contributed by atoms with Crippen molar-refractivity contribution in [1.82, 2.24) is 4.98 Å². The highest BCUT2D eigenvalue weighted by molar-refractivity contribution is 5.92. The molecular weight excluding hydrogens is 264 g/mol. The van der Waals surface area contributed by atoms with Crippen molar-refractivity contribution in [2.45, 2.75) is 25.8 Å². The standard InChI is InChI=1S/C17H22N2O2/c1-12(13-6-9-21-10-7-13)19-17-16-11-15(20-2)4-3-14(16)5-8-18-17/h3-5,8,11-13H,6-7,9-10H2,1-2H3,(H,18,19). The molecule has 2 heterocycles. The van der Waals surface area contributed by atoms with Crippen molar-refractivity contribution in [2.75, 3.05) is 25.6 Å². The minimum Gasteiger partial charge on any atom is -0.497 e. The monoisotopic (exact) mass is 286 g/mol. The minimum absolute atomic E-state index is 0.387. The van der Waals surface area contributed by atoms with Crippen LogP contribution in [0.2, 0.25) is 0 Å². The maximum Gasteiger partial charge on any atom is 0.134 e. The van der Waals surface area contributed by atoms with Crippen LogP contribution in [0.1, 0.15) is 19.8 Å². The lowest BCUT2D eigenvalue weighted by molar-refractivity contribution is 0.0622. The summed E-state index contributed by atoms with van der Waals surface area (Å²) < 4.78 is 10.8. The number of nitrogens with zero attached hydrogens (tertiary/aromatic N) is 1. The molecule has 4 heteroatoms. The van der Waals surface area contributed by atoms with Gasteiger partial charge in [0.2, 0.25) is 0 Å². The number of anilines is 1. The first kappa shape index (κ1) is 14.1. The molecule has 0 spiro atoms. The first-order valence-electron chi connectivity index (χ1n) is 7.55. The summed E-state index contributed by atoms with van der Waals surface area (Å²) in [5.41, 5.74) is 0. The van der Waals surface area contributed by atoms with Gasteiger partial charge in [0.05, 0.1) is 7.11 Å². The molecule has 0 amide bonds. The summed E-state index contributed by atoms with van der Waals surface area (Å²) in [6, 6.07) is 8.51. The van der Waals surface area contributed by atoms with Gasteiger partial charge >= 0.3 is 0 Å². The lowest BCUT2D eigenvalue weighted by Gasteiger charge is -2.29. The van der Waals surface area contributed by atoms with Crippen LogP contribution in [0.15, 0.2) is 30.5 Å². The van der Waals surface area contributed by atoms with Gasteiger partial charge in [-0.2, -0.15) is 0 Å². The number of hydrogen-bond donors (Lipinski definition) is 1. The minimum atomic E-state index is 0.387. The maximum atomic E-state index is 5.44. The Morgan fingerprint density at radius 1 is 1.29 bits per heavy atom. The molecule has 1 aromatic carbocycles. The number of hydrogen-bond acceptors (Lipinski definition) is 4. The molecule has 3 rings (SSSR count). The Kier molecular flexibility index (Phi) is 4.25. The van der Waals surface area contributed by atoms with Crippen molar-refractivity contribution in [3.05, 3.63) is 30.5 Å². The van der Waals surface area contributed by atoms with Gasteiger partial charge in [-0.3, -0.25) is 0 Å². The van der Waals surface area contributed by atoms with Crippen LogP contribution in [-0.4, -0.2) is 31.3 Å². The highest BCUT2D eigenvalue weighted by Gasteiger charge is 2.21. The van der Waals surface area contributed by atoms with Gasteiger partial charge in [-0.05, 0) is 49.3 Å². The average Bonchev–Trinajstić information content (AvgIpc) is 2.55. The predicted octanol–water partition coefficient (Wildman–Crippen LogP) is 3.47. The molecule has 21 heavy (non-hydrogen) atoms. The van der Waals surface area contributed by atoms with E-state index in [1.165, 1.54) is 5.39 Å². The van der Waals surface area contributed by atoms with Crippen molar-refractivity contribution in [3.8, 4) is 5.75 Å². The first-order chi connectivity index (χ1) is 10.3. The van der Waals surface area contributed by atoms with E-state index < -0.39 is 0 Å². The second kappa shape index (κ2) is 6.31. The zero-order valence-corrected chi connectivity index (χ0v) is 12.6. The number of benzene rings is 1. The Balaban J connectivity index is 1.85. The number of methoxy groups -OCH3 is 1. The zero-order chi connectivity index (χ0) is 14.7. The van der Waals surface area contributed by atoms with E-state index in [0.717, 1.165) is 43.0 Å². The van der Waals surface area contributed by atoms with E-state index in [-0.39, 0.29) is 0 Å². The summed E-state index contributed by atoms with van der Waals surface area (Å²) in [6.07, 6.45) is 4.08. The summed E-state index contributed by atoms with van der Waals surface area (Å²) in [5.74, 6) is 2.43. The van der Waals surface area contributed by atoms with Gasteiger partial charge in [0, 0.05) is 30.8 Å². The summed E-state index contributed by atoms with van der Waals surface area (Å²) in [5, 5.41) is 5.86. The molecule has 1 atom stereocenters. The summed E-state index contributed by atoms with van der Waals surface area (Å²) in [4.78, 5) is 4.52. The fraction of sp³-hybridized carbons (Fsp3) is 0.471. The molecule has 0 aliphatic carbocycles. The fourth-order valence-electron chi connectivity index (χ4n) is 2.94. The number of nitrogens with one attached hydrogen (secondary N) is 1. The van der Waals surface area contributed by atoms with E-state index in [1.54, 1.807) is 7.11 Å². The van der Waals surface area contributed by atoms with Crippen LogP contribution in [0, 0.1) is 5.92 Å². The van der Waals surface area contributed by atoms with Gasteiger partial charge < -0.3 is 14.8 Å². The zero-order valence-electron chi connectivity index (χ0n) is 12.6. The molecule has 1 aliphatic rings. The topological polar surface area (TPSA) is 43.4 Å². The Hall–Kier alpha value is -1.81. The van der Waals surface area contributed by atoms with Crippen molar-refractivity contribution >= 4 is 16.6 Å². The Morgan fingerprint density at radius 2 is 2.10 bits per heavy atom. The smallest absolute Gasteiger partial charge is 0.134 e. The quantitative estimate of drug-likeness (QED) is 0.934. The molecule has 1 unspecified atom stereocenters. The van der Waals surface area contributed by atoms with E-state index in [1.807, 2.05) is 24.4 Å². The maximum absolute atomic E-state index is 5.44. The highest BCUT2D eigenvalue weighted by Crippen LogP contribution is 2.28. The predicted molar refractivity (Wildman–Crippen MR) is 84.9 cm³/mol. The van der Waals surface area contributed by atoms with Crippen LogP contribution in [0.4, 0.5) is 5.82 Å². The van der Waals surface area contributed by atoms with Gasteiger partial charge in [-0.25, -0.2) is 4.98 Å². The molecule has 1 saturated heterocycles. The van der Waals surface area contributed by atoms with Crippen molar-refractivity contribution in [2.24, 2.45) is 5.92 Å². The lowest BCUT2D eigenvalue weighted by Crippen LogP contribution is -2.31. The van der Waals surface area contributed by atoms with Gasteiger partial charge in [-0.15, -0.1) is 0 Å². The van der Waals surface area contributed by atoms with Crippen molar-refractivity contribution < 1.29 is 9.47 Å². The normalized spacial score (nSPS) is 17.6. The van der Waals surface area contributed by atoms with Gasteiger partial charge in [0.15, 0.2) is 0 Å². The van der Waals surface area contributed by atoms with Crippen molar-refractivity contribution in [3.63, 3.8) is 0 Å². The van der Waals surface area contributed by atoms with E-state index in [9.17, 15) is 0 Å². The molecule has 4 nitrogen and oxygen atoms in total. The first-order valence-corrected chi connectivity index (χ1v) is 7.55. The summed E-state index contributed by atoms with van der Waals surface area (Å²) in [6.45, 7) is 3.97. The lowest BCUT2D eigenvalue weighted by atomic mass is 9.93. The van der Waals surface area contributed by atoms with Gasteiger partial charge in [0.25, 0.3) is 0 Å². The SMILES string of the molecule is COc1ccc2ccnc(NC(C)C3CCOCC3)c2c1. The van der Waals surface area contributed by atoms with E-state index in [4.69, 9.17) is 9.47 Å². The molecule has 1 N–H and O–H groups in total. The number of fused-ring (bicyclic) bond motifs is 1. The third kappa shape index (κ3) is 3.10. The third-order valence-electron chi connectivity index (χ3n) is 4.31. The highest BCUT2D eigenvalue weighted by atomic mass is 16.5. The number of ether oxygens (including phenoxy) is 2. The molecular formula is C17H22N2O2. The van der Waals surface area contributed by atoms with Crippen molar-refractivity contribution in [1.29, 1.82) is 0 Å². The van der Waals surface area contributed by atoms with Gasteiger partial charge in [0.1, 0.15) is 11.6 Å². The second-order valence-corrected chi connectivity index (χ2v) is 5.63. The third-order valence-corrected chi connectivity index (χ3v) is 4.31. The number of rotatable bonds is 4. The van der Waals surface area contributed by atoms with Gasteiger partial charge in [-0.1, -0.05) is 6.07 Å². The largest absolute Gasteiger partial charge is 0.497 e. The van der Waals surface area contributed by atoms with Crippen LogP contribution in [0.25, 0.3) is 10.8 Å². The van der Waals surface area contributed by atoms with Crippen LogP contribution in [0.3, 0.4) is 0 Å². The molecule has 1 fully saturated rings. The Morgan fingerprint density at radius 3 is 2.86 bits per heavy atom. The van der Waals surface area contributed by atoms with E-state index >= 15 is 0 Å². The van der Waals surface area contributed by atoms with E-state index in [2.05, 4.69) is 23.3 Å². The summed E-state index contributed by atoms with van der Waals surface area (Å²) >= 11 is 0. The summed E-state index contributed by atoms with van der Waals surface area (Å²) in [7, 11) is 1.69. The Labute approximate surface area is 125 Å². The van der Waals surface area contributed by atoms with Crippen LogP contribution >= 0.6 is 0 Å². The van der Waals surface area contributed by atoms with Crippen LogP contribution < -0.4 is 10.1 Å². The Bertz CT molecular complexity index is 609. The molecule has 0 radical (unpaired) electrons. The molecule has 1 aliphatic heterocycles. The second-order valence-electron chi connectivity index (χ2n) is 5.63. The molecule has 2 aromatic rings. The van der Waals surface area contributed by atoms with Crippen LogP contribution in [-0.2, 0) is 4.74 Å². The molecule has 1 aromatic heterocycles. The van der Waals surface area contributed by atoms with Crippen LogP contribution in [0.5, 0.6) is 5.75 Å². The number of aromatic nitrogens is 1.